The Morgan fingerprint density at radius 1 is 1.26 bits per heavy atom. The van der Waals surface area contributed by atoms with E-state index >= 15 is 0 Å². The molecule has 1 aromatic heterocycles. The first kappa shape index (κ1) is 21.8. The normalized spacial score (nSPS) is 16.5. The summed E-state index contributed by atoms with van der Waals surface area (Å²) in [6.45, 7) is 4.89. The monoisotopic (exact) mass is 456 g/mol. The van der Waals surface area contributed by atoms with E-state index in [9.17, 15) is 9.90 Å². The van der Waals surface area contributed by atoms with Gasteiger partial charge in [-0.3, -0.25) is 0 Å². The number of rotatable bonds is 7. The maximum Gasteiger partial charge on any atom is 0.337 e. The Bertz CT molecular complexity index is 1050. The number of nitrogens with zero attached hydrogens (tertiary/aromatic N) is 2. The molecule has 0 spiro atoms. The molecule has 2 heterocycles. The van der Waals surface area contributed by atoms with Crippen molar-refractivity contribution in [1.82, 2.24) is 4.98 Å². The molecule has 0 aliphatic carbocycles. The second kappa shape index (κ2) is 9.81. The molecule has 2 aromatic carbocycles. The van der Waals surface area contributed by atoms with Gasteiger partial charge in [-0.15, -0.1) is 11.3 Å². The van der Waals surface area contributed by atoms with E-state index in [1.165, 1.54) is 0 Å². The maximum atomic E-state index is 11.6. The molecule has 0 unspecified atom stereocenters. The van der Waals surface area contributed by atoms with Crippen molar-refractivity contribution in [2.75, 3.05) is 24.6 Å². The molecule has 1 fully saturated rings. The van der Waals surface area contributed by atoms with E-state index in [0.717, 1.165) is 52.8 Å². The van der Waals surface area contributed by atoms with Gasteiger partial charge in [0.25, 0.3) is 0 Å². The molecule has 0 radical (unpaired) electrons. The van der Waals surface area contributed by atoms with Gasteiger partial charge < -0.3 is 14.7 Å². The number of piperidine rings is 1. The van der Waals surface area contributed by atoms with Gasteiger partial charge in [0, 0.05) is 23.7 Å². The second-order valence-corrected chi connectivity index (χ2v) is 9.35. The predicted octanol–water partition coefficient (Wildman–Crippen LogP) is 5.90. The lowest BCUT2D eigenvalue weighted by atomic mass is 9.97. The summed E-state index contributed by atoms with van der Waals surface area (Å²) in [4.78, 5) is 19.6. The van der Waals surface area contributed by atoms with E-state index < -0.39 is 5.97 Å². The fourth-order valence-corrected chi connectivity index (χ4v) is 5.08. The van der Waals surface area contributed by atoms with E-state index in [2.05, 4.69) is 9.88 Å². The Balaban J connectivity index is 1.35. The third-order valence-electron chi connectivity index (χ3n) is 5.56. The molecule has 3 aromatic rings. The maximum absolute atomic E-state index is 11.6. The number of ether oxygens (including phenoxy) is 1. The van der Waals surface area contributed by atoms with E-state index in [0.29, 0.717) is 29.7 Å². The summed E-state index contributed by atoms with van der Waals surface area (Å²) in [5.41, 5.74) is 3.21. The molecule has 1 N–H and O–H groups in total. The van der Waals surface area contributed by atoms with Gasteiger partial charge in [-0.1, -0.05) is 35.9 Å². The quantitative estimate of drug-likeness (QED) is 0.479. The number of carbonyl (C=O) groups is 1. The molecule has 7 heteroatoms. The fraction of sp³-hybridized carbons (Fsp3) is 0.333. The van der Waals surface area contributed by atoms with Crippen LogP contribution in [-0.4, -0.2) is 35.8 Å². The smallest absolute Gasteiger partial charge is 0.337 e. The van der Waals surface area contributed by atoms with Crippen LogP contribution < -0.4 is 4.90 Å². The highest BCUT2D eigenvalue weighted by Gasteiger charge is 2.23. The van der Waals surface area contributed by atoms with Crippen molar-refractivity contribution < 1.29 is 14.6 Å². The van der Waals surface area contributed by atoms with Crippen LogP contribution in [0.25, 0.3) is 10.6 Å². The van der Waals surface area contributed by atoms with Crippen LogP contribution in [0.15, 0.2) is 48.5 Å². The van der Waals surface area contributed by atoms with Crippen molar-refractivity contribution in [3.8, 4) is 10.6 Å². The number of benzene rings is 2. The summed E-state index contributed by atoms with van der Waals surface area (Å²) < 4.78 is 6.08. The molecule has 1 atom stereocenters. The van der Waals surface area contributed by atoms with Gasteiger partial charge in [-0.2, -0.15) is 0 Å². The highest BCUT2D eigenvalue weighted by atomic mass is 35.5. The van der Waals surface area contributed by atoms with E-state index in [4.69, 9.17) is 16.3 Å². The summed E-state index contributed by atoms with van der Waals surface area (Å²) >= 11 is 7.63. The third kappa shape index (κ3) is 5.26. The molecule has 4 rings (SSSR count). The predicted molar refractivity (Wildman–Crippen MR) is 125 cm³/mol. The van der Waals surface area contributed by atoms with Crippen LogP contribution in [0.5, 0.6) is 0 Å². The average Bonchev–Trinajstić information content (AvgIpc) is 3.15. The molecule has 5 nitrogen and oxygen atoms in total. The summed E-state index contributed by atoms with van der Waals surface area (Å²) in [6.07, 6.45) is 2.12. The van der Waals surface area contributed by atoms with Gasteiger partial charge in [0.15, 0.2) is 0 Å². The number of anilines is 1. The standard InChI is InChI=1S/C24H25ClN2O3S/c1-16-22(31-23(26-16)18-8-10-19(25)11-9-18)15-30-14-17-5-4-12-27(13-17)21-7-3-2-6-20(21)24(28)29/h2-3,6-11,17H,4-5,12-15H2,1H3,(H,28,29)/t17-/m0/s1. The van der Waals surface area contributed by atoms with Gasteiger partial charge in [0.05, 0.1) is 35.0 Å². The molecule has 31 heavy (non-hydrogen) atoms. The highest BCUT2D eigenvalue weighted by molar-refractivity contribution is 7.15. The molecular weight excluding hydrogens is 432 g/mol. The van der Waals surface area contributed by atoms with Crippen LogP contribution in [0, 0.1) is 12.8 Å². The lowest BCUT2D eigenvalue weighted by molar-refractivity contribution is 0.0696. The van der Waals surface area contributed by atoms with E-state index in [1.807, 2.05) is 43.3 Å². The van der Waals surface area contributed by atoms with Crippen LogP contribution in [-0.2, 0) is 11.3 Å². The first-order chi connectivity index (χ1) is 15.0. The SMILES string of the molecule is Cc1nc(-c2ccc(Cl)cc2)sc1COC[C@H]1CCCN(c2ccccc2C(=O)O)C1. The van der Waals surface area contributed by atoms with Crippen molar-refractivity contribution >= 4 is 34.6 Å². The molecular formula is C24H25ClN2O3S. The van der Waals surface area contributed by atoms with Crippen LogP contribution >= 0.6 is 22.9 Å². The van der Waals surface area contributed by atoms with Gasteiger partial charge in [0.2, 0.25) is 0 Å². The Hall–Kier alpha value is -2.41. The zero-order valence-electron chi connectivity index (χ0n) is 17.4. The molecule has 0 amide bonds. The zero-order valence-corrected chi connectivity index (χ0v) is 19.0. The average molecular weight is 457 g/mol. The Labute approximate surface area is 191 Å². The fourth-order valence-electron chi connectivity index (χ4n) is 3.95. The minimum absolute atomic E-state index is 0.360. The van der Waals surface area contributed by atoms with E-state index in [1.54, 1.807) is 23.5 Å². The number of halogens is 1. The molecule has 1 aliphatic rings. The first-order valence-corrected chi connectivity index (χ1v) is 11.6. The Kier molecular flexibility index (Phi) is 6.90. The Morgan fingerprint density at radius 3 is 2.81 bits per heavy atom. The van der Waals surface area contributed by atoms with Crippen molar-refractivity contribution in [2.24, 2.45) is 5.92 Å². The second-order valence-electron chi connectivity index (χ2n) is 7.83. The number of carboxylic acid groups (broad SMARTS) is 1. The number of carboxylic acids is 1. The molecule has 0 saturated carbocycles. The topological polar surface area (TPSA) is 62.7 Å². The molecule has 1 aliphatic heterocycles. The summed E-state index contributed by atoms with van der Waals surface area (Å²) in [5.74, 6) is -0.509. The van der Waals surface area contributed by atoms with Gasteiger partial charge in [0.1, 0.15) is 5.01 Å². The summed E-state index contributed by atoms with van der Waals surface area (Å²) in [6, 6.07) is 14.9. The van der Waals surface area contributed by atoms with Gasteiger partial charge >= 0.3 is 5.97 Å². The van der Waals surface area contributed by atoms with Gasteiger partial charge in [-0.25, -0.2) is 9.78 Å². The summed E-state index contributed by atoms with van der Waals surface area (Å²) in [7, 11) is 0. The van der Waals surface area contributed by atoms with Crippen molar-refractivity contribution in [3.05, 3.63) is 69.7 Å². The number of aromatic carboxylic acids is 1. The third-order valence-corrected chi connectivity index (χ3v) is 7.00. The van der Waals surface area contributed by atoms with Crippen molar-refractivity contribution in [3.63, 3.8) is 0 Å². The minimum atomic E-state index is -0.883. The minimum Gasteiger partial charge on any atom is -0.478 e. The van der Waals surface area contributed by atoms with Crippen LogP contribution in [0.4, 0.5) is 5.69 Å². The van der Waals surface area contributed by atoms with Crippen LogP contribution in [0.1, 0.15) is 33.8 Å². The summed E-state index contributed by atoms with van der Waals surface area (Å²) in [5, 5.41) is 11.2. The highest BCUT2D eigenvalue weighted by Crippen LogP contribution is 2.30. The Morgan fingerprint density at radius 2 is 2.03 bits per heavy atom. The van der Waals surface area contributed by atoms with E-state index in [-0.39, 0.29) is 0 Å². The zero-order chi connectivity index (χ0) is 21.8. The lowest BCUT2D eigenvalue weighted by Crippen LogP contribution is -2.38. The van der Waals surface area contributed by atoms with Gasteiger partial charge in [-0.05, 0) is 49.9 Å². The number of hydrogen-bond donors (Lipinski definition) is 1. The largest absolute Gasteiger partial charge is 0.478 e. The number of hydrogen-bond acceptors (Lipinski definition) is 5. The molecule has 162 valence electrons. The van der Waals surface area contributed by atoms with Crippen molar-refractivity contribution in [2.45, 2.75) is 26.4 Å². The number of aryl methyl sites for hydroxylation is 1. The number of thiazole rings is 1. The molecule has 0 bridgehead atoms. The number of aromatic nitrogens is 1. The van der Waals surface area contributed by atoms with Crippen LogP contribution in [0.2, 0.25) is 5.02 Å². The number of para-hydroxylation sites is 1. The molecule has 1 saturated heterocycles. The first-order valence-electron chi connectivity index (χ1n) is 10.4. The van der Waals surface area contributed by atoms with Crippen molar-refractivity contribution in [1.29, 1.82) is 0 Å². The lowest BCUT2D eigenvalue weighted by Gasteiger charge is -2.35. The van der Waals surface area contributed by atoms with Crippen LogP contribution in [0.3, 0.4) is 0 Å².